The van der Waals surface area contributed by atoms with E-state index in [1.807, 2.05) is 6.07 Å². The van der Waals surface area contributed by atoms with E-state index < -0.39 is 5.41 Å². The van der Waals surface area contributed by atoms with Crippen molar-refractivity contribution in [2.24, 2.45) is 0 Å². The lowest BCUT2D eigenvalue weighted by atomic mass is 9.67. The van der Waals surface area contributed by atoms with Crippen molar-refractivity contribution in [2.75, 3.05) is 4.90 Å². The Bertz CT molecular complexity index is 4180. The zero-order valence-corrected chi connectivity index (χ0v) is 41.1. The average molecular weight is 956 g/mol. The Kier molecular flexibility index (Phi) is 10.8. The molecule has 75 heavy (non-hydrogen) atoms. The Morgan fingerprint density at radius 3 is 1.48 bits per heavy atom. The monoisotopic (exact) mass is 955 g/mol. The molecule has 0 unspecified atom stereocenters. The third-order valence-electron chi connectivity index (χ3n) is 15.4. The fraction of sp³-hybridized carbons (Fsp3) is 0.0137. The molecule has 0 atom stereocenters. The largest absolute Gasteiger partial charge is 0.455 e. The lowest BCUT2D eigenvalue weighted by molar-refractivity contribution is 0.670. The first-order valence-corrected chi connectivity index (χ1v) is 25.8. The minimum atomic E-state index is -0.580. The molecule has 2 nitrogen and oxygen atoms in total. The van der Waals surface area contributed by atoms with Gasteiger partial charge >= 0.3 is 0 Å². The molecule has 1 aliphatic rings. The van der Waals surface area contributed by atoms with Crippen molar-refractivity contribution in [3.05, 3.63) is 320 Å². The molecule has 1 aliphatic carbocycles. The molecule has 352 valence electrons. The van der Waals surface area contributed by atoms with Gasteiger partial charge in [0, 0.05) is 33.3 Å². The van der Waals surface area contributed by atoms with Crippen LogP contribution in [0.4, 0.5) is 17.1 Å². The van der Waals surface area contributed by atoms with Crippen LogP contribution in [0.3, 0.4) is 0 Å². The molecule has 2 heteroatoms. The molecule has 0 bridgehead atoms. The molecule has 14 rings (SSSR count). The first-order chi connectivity index (χ1) is 37.2. The van der Waals surface area contributed by atoms with Gasteiger partial charge in [0.1, 0.15) is 11.2 Å². The van der Waals surface area contributed by atoms with E-state index in [1.54, 1.807) is 0 Å². The zero-order valence-electron chi connectivity index (χ0n) is 41.1. The van der Waals surface area contributed by atoms with Crippen LogP contribution in [0, 0.1) is 0 Å². The summed E-state index contributed by atoms with van der Waals surface area (Å²) in [7, 11) is 0. The van der Waals surface area contributed by atoms with E-state index in [0.29, 0.717) is 0 Å². The Morgan fingerprint density at radius 2 is 0.760 bits per heavy atom. The van der Waals surface area contributed by atoms with Crippen LogP contribution in [0.2, 0.25) is 0 Å². The van der Waals surface area contributed by atoms with Gasteiger partial charge in [0.25, 0.3) is 0 Å². The van der Waals surface area contributed by atoms with E-state index in [9.17, 15) is 0 Å². The van der Waals surface area contributed by atoms with Crippen LogP contribution in [-0.2, 0) is 5.41 Å². The molecule has 0 saturated heterocycles. The maximum absolute atomic E-state index is 6.60. The molecule has 0 amide bonds. The van der Waals surface area contributed by atoms with Crippen molar-refractivity contribution in [3.8, 4) is 66.8 Å². The van der Waals surface area contributed by atoms with Crippen LogP contribution in [0.5, 0.6) is 0 Å². The second-order valence-electron chi connectivity index (χ2n) is 19.4. The van der Waals surface area contributed by atoms with Gasteiger partial charge in [-0.25, -0.2) is 0 Å². The Morgan fingerprint density at radius 1 is 0.280 bits per heavy atom. The highest BCUT2D eigenvalue weighted by Gasteiger charge is 2.46. The third-order valence-corrected chi connectivity index (χ3v) is 15.4. The number of furan rings is 1. The van der Waals surface area contributed by atoms with Gasteiger partial charge < -0.3 is 9.32 Å². The summed E-state index contributed by atoms with van der Waals surface area (Å²) in [6.45, 7) is 0. The van der Waals surface area contributed by atoms with Crippen molar-refractivity contribution >= 4 is 39.0 Å². The van der Waals surface area contributed by atoms with Crippen molar-refractivity contribution in [1.29, 1.82) is 0 Å². The fourth-order valence-corrected chi connectivity index (χ4v) is 12.2. The van der Waals surface area contributed by atoms with E-state index >= 15 is 0 Å². The van der Waals surface area contributed by atoms with Crippen molar-refractivity contribution in [1.82, 2.24) is 0 Å². The summed E-state index contributed by atoms with van der Waals surface area (Å²) in [5.41, 5.74) is 23.3. The first kappa shape index (κ1) is 44.0. The average Bonchev–Trinajstić information content (AvgIpc) is 4.04. The first-order valence-electron chi connectivity index (χ1n) is 25.8. The van der Waals surface area contributed by atoms with Gasteiger partial charge in [-0.2, -0.15) is 0 Å². The third kappa shape index (κ3) is 7.25. The number of benzene rings is 12. The maximum Gasteiger partial charge on any atom is 0.143 e. The minimum absolute atomic E-state index is 0.580. The van der Waals surface area contributed by atoms with E-state index in [1.165, 1.54) is 61.2 Å². The Balaban J connectivity index is 1.03. The lowest BCUT2D eigenvalue weighted by Gasteiger charge is -2.35. The zero-order chi connectivity index (χ0) is 49.7. The number of para-hydroxylation sites is 3. The van der Waals surface area contributed by atoms with Gasteiger partial charge in [-0.3, -0.25) is 0 Å². The van der Waals surface area contributed by atoms with Crippen molar-refractivity contribution in [3.63, 3.8) is 0 Å². The highest BCUT2D eigenvalue weighted by molar-refractivity contribution is 6.10. The van der Waals surface area contributed by atoms with E-state index in [0.717, 1.165) is 66.8 Å². The summed E-state index contributed by atoms with van der Waals surface area (Å²) in [6, 6.07) is 108. The van der Waals surface area contributed by atoms with Crippen LogP contribution in [0.15, 0.2) is 302 Å². The van der Waals surface area contributed by atoms with Crippen LogP contribution in [0.1, 0.15) is 22.3 Å². The predicted octanol–water partition coefficient (Wildman–Crippen LogP) is 19.8. The molecular weight excluding hydrogens is 907 g/mol. The van der Waals surface area contributed by atoms with E-state index in [2.05, 4.69) is 296 Å². The van der Waals surface area contributed by atoms with Crippen LogP contribution in [0.25, 0.3) is 88.7 Å². The SMILES string of the molecule is c1ccc(-c2ccccc2-c2c(-c3ccccc3)cccc2-c2ccccc2N(c2ccc(-c3cccc4c3oc3ccccc34)cc2)c2ccc3c(c2)C(c2ccccc2)(c2ccccc2)c2ccccc2-3)cc1. The van der Waals surface area contributed by atoms with Crippen molar-refractivity contribution < 1.29 is 4.42 Å². The van der Waals surface area contributed by atoms with Crippen LogP contribution >= 0.6 is 0 Å². The molecule has 1 heterocycles. The standard InChI is InChI=1S/C73H49NO/c1-5-23-50(24-6-1)57-31-13-14-35-64(57)71-58(51-25-7-2-8-26-51)36-21-38-65(71)62-33-16-19-41-69(62)74(55-45-43-52(44-46-55)59-37-22-39-66-63-34-17-20-42-70(63)75-72(59)66)56-47-48-61-60-32-15-18-40-67(60)73(68(61)49-56,53-27-9-3-10-28-53)54-29-11-4-12-30-54/h1-49H. The van der Waals surface area contributed by atoms with Crippen LogP contribution in [-0.4, -0.2) is 0 Å². The van der Waals surface area contributed by atoms with Gasteiger partial charge in [0.2, 0.25) is 0 Å². The number of hydrogen-bond acceptors (Lipinski definition) is 2. The molecule has 0 saturated carbocycles. The highest BCUT2D eigenvalue weighted by Crippen LogP contribution is 2.58. The van der Waals surface area contributed by atoms with Crippen LogP contribution < -0.4 is 4.90 Å². The molecule has 0 spiro atoms. The Hall–Kier alpha value is -9.76. The summed E-state index contributed by atoms with van der Waals surface area (Å²) in [5, 5.41) is 2.24. The molecule has 0 radical (unpaired) electrons. The molecule has 12 aromatic carbocycles. The van der Waals surface area contributed by atoms with Gasteiger partial charge in [-0.15, -0.1) is 0 Å². The molecule has 13 aromatic rings. The molecular formula is C73H49NO. The minimum Gasteiger partial charge on any atom is -0.455 e. The molecule has 0 aliphatic heterocycles. The summed E-state index contributed by atoms with van der Waals surface area (Å²) < 4.78 is 6.60. The number of nitrogens with zero attached hydrogens (tertiary/aromatic N) is 1. The number of hydrogen-bond donors (Lipinski definition) is 0. The second-order valence-corrected chi connectivity index (χ2v) is 19.4. The predicted molar refractivity (Wildman–Crippen MR) is 313 cm³/mol. The number of rotatable bonds is 10. The normalized spacial score (nSPS) is 12.4. The lowest BCUT2D eigenvalue weighted by Crippen LogP contribution is -2.28. The van der Waals surface area contributed by atoms with Gasteiger partial charge in [-0.1, -0.05) is 261 Å². The maximum atomic E-state index is 6.60. The highest BCUT2D eigenvalue weighted by atomic mass is 16.3. The van der Waals surface area contributed by atoms with Gasteiger partial charge in [-0.05, 0) is 114 Å². The Labute approximate surface area is 437 Å². The smallest absolute Gasteiger partial charge is 0.143 e. The summed E-state index contributed by atoms with van der Waals surface area (Å²) in [6.07, 6.45) is 0. The topological polar surface area (TPSA) is 16.4 Å². The fourth-order valence-electron chi connectivity index (χ4n) is 12.2. The van der Waals surface area contributed by atoms with Gasteiger partial charge in [0.05, 0.1) is 11.1 Å². The summed E-state index contributed by atoms with van der Waals surface area (Å²) >= 11 is 0. The van der Waals surface area contributed by atoms with Crippen molar-refractivity contribution in [2.45, 2.75) is 5.41 Å². The van der Waals surface area contributed by atoms with E-state index in [4.69, 9.17) is 4.42 Å². The quantitative estimate of drug-likeness (QED) is 0.136. The van der Waals surface area contributed by atoms with Gasteiger partial charge in [0.15, 0.2) is 0 Å². The number of anilines is 3. The summed E-state index contributed by atoms with van der Waals surface area (Å²) in [4.78, 5) is 2.48. The molecule has 0 fully saturated rings. The molecule has 1 aromatic heterocycles. The number of fused-ring (bicyclic) bond motifs is 6. The second kappa shape index (κ2) is 18.4. The summed E-state index contributed by atoms with van der Waals surface area (Å²) in [5.74, 6) is 0. The molecule has 0 N–H and O–H groups in total. The van der Waals surface area contributed by atoms with E-state index in [-0.39, 0.29) is 0 Å².